The molecule has 2 aromatic rings. The van der Waals surface area contributed by atoms with E-state index in [-0.39, 0.29) is 5.41 Å². The number of benzene rings is 2. The summed E-state index contributed by atoms with van der Waals surface area (Å²) in [7, 11) is 0. The van der Waals surface area contributed by atoms with E-state index in [9.17, 15) is 10.2 Å². The number of hydrogen-bond donors (Lipinski definition) is 3. The van der Waals surface area contributed by atoms with Crippen LogP contribution in [0.1, 0.15) is 18.4 Å². The van der Waals surface area contributed by atoms with E-state index in [0.717, 1.165) is 11.3 Å². The Hall–Kier alpha value is -1.59. The van der Waals surface area contributed by atoms with Gasteiger partial charge in [0.1, 0.15) is 5.75 Å². The van der Waals surface area contributed by atoms with Gasteiger partial charge >= 0.3 is 0 Å². The fourth-order valence-electron chi connectivity index (χ4n) is 3.43. The summed E-state index contributed by atoms with van der Waals surface area (Å²) in [4.78, 5) is 0. The van der Waals surface area contributed by atoms with Gasteiger partial charge in [-0.25, -0.2) is 0 Å². The first-order chi connectivity index (χ1) is 12.1. The molecule has 3 N–H and O–H groups in total. The van der Waals surface area contributed by atoms with E-state index in [0.29, 0.717) is 37.6 Å². The zero-order valence-electron chi connectivity index (χ0n) is 14.1. The molecule has 2 unspecified atom stereocenters. The molecule has 0 spiro atoms. The maximum atomic E-state index is 10.0. The second kappa shape index (κ2) is 8.19. The van der Waals surface area contributed by atoms with Crippen molar-refractivity contribution in [1.82, 2.24) is 5.32 Å². The van der Waals surface area contributed by atoms with Crippen LogP contribution in [-0.2, 0) is 6.54 Å². The van der Waals surface area contributed by atoms with Crippen LogP contribution in [0.25, 0.3) is 0 Å². The van der Waals surface area contributed by atoms with Gasteiger partial charge in [-0.3, -0.25) is 0 Å². The van der Waals surface area contributed by atoms with Gasteiger partial charge in [0.05, 0.1) is 18.8 Å². The van der Waals surface area contributed by atoms with Crippen molar-refractivity contribution in [2.75, 3.05) is 13.2 Å². The molecule has 1 saturated carbocycles. The maximum absolute atomic E-state index is 10.0. The van der Waals surface area contributed by atoms with Gasteiger partial charge in [-0.2, -0.15) is 0 Å². The molecule has 1 fully saturated rings. The molecule has 1 aliphatic rings. The zero-order valence-corrected chi connectivity index (χ0v) is 14.8. The molecule has 0 radical (unpaired) electrons. The van der Waals surface area contributed by atoms with Gasteiger partial charge in [0.15, 0.2) is 0 Å². The highest BCUT2D eigenvalue weighted by Crippen LogP contribution is 2.38. The monoisotopic (exact) mass is 361 g/mol. The number of para-hydroxylation sites is 1. The largest absolute Gasteiger partial charge is 0.493 e. The second-order valence-electron chi connectivity index (χ2n) is 6.88. The molecule has 4 nitrogen and oxygen atoms in total. The van der Waals surface area contributed by atoms with Crippen LogP contribution in [0, 0.1) is 5.41 Å². The van der Waals surface area contributed by atoms with E-state index < -0.39 is 12.2 Å². The quantitative estimate of drug-likeness (QED) is 0.709. The molecular formula is C20H24ClNO3. The minimum absolute atomic E-state index is 0.298. The van der Waals surface area contributed by atoms with Crippen LogP contribution in [0.5, 0.6) is 5.75 Å². The maximum Gasteiger partial charge on any atom is 0.119 e. The minimum Gasteiger partial charge on any atom is -0.493 e. The summed E-state index contributed by atoms with van der Waals surface area (Å²) in [6.45, 7) is 1.79. The summed E-state index contributed by atoms with van der Waals surface area (Å²) < 4.78 is 5.93. The SMILES string of the molecule is OC1CC(CNCc2cccc(Cl)c2)(COc2ccccc2)CC1O. The van der Waals surface area contributed by atoms with E-state index in [2.05, 4.69) is 5.32 Å². The average molecular weight is 362 g/mol. The second-order valence-corrected chi connectivity index (χ2v) is 7.31. The molecule has 1 aliphatic carbocycles. The summed E-state index contributed by atoms with van der Waals surface area (Å²) in [6.07, 6.45) is -0.368. The van der Waals surface area contributed by atoms with Crippen LogP contribution in [0.2, 0.25) is 5.02 Å². The molecule has 134 valence electrons. The number of nitrogens with one attached hydrogen (secondary N) is 1. The van der Waals surface area contributed by atoms with Crippen molar-refractivity contribution in [3.8, 4) is 5.75 Å². The summed E-state index contributed by atoms with van der Waals surface area (Å²) in [5, 5.41) is 24.2. The van der Waals surface area contributed by atoms with Crippen LogP contribution < -0.4 is 10.1 Å². The van der Waals surface area contributed by atoms with Crippen molar-refractivity contribution in [3.05, 3.63) is 65.2 Å². The van der Waals surface area contributed by atoms with Crippen LogP contribution in [0.4, 0.5) is 0 Å². The van der Waals surface area contributed by atoms with Crippen molar-refractivity contribution >= 4 is 11.6 Å². The summed E-state index contributed by atoms with van der Waals surface area (Å²) in [6, 6.07) is 17.3. The lowest BCUT2D eigenvalue weighted by Gasteiger charge is -2.29. The average Bonchev–Trinajstić information content (AvgIpc) is 2.89. The fourth-order valence-corrected chi connectivity index (χ4v) is 3.64. The first-order valence-electron chi connectivity index (χ1n) is 8.55. The van der Waals surface area contributed by atoms with Crippen LogP contribution >= 0.6 is 11.6 Å². The molecule has 5 heteroatoms. The summed E-state index contributed by atoms with van der Waals surface area (Å²) in [5.74, 6) is 0.799. The van der Waals surface area contributed by atoms with Crippen molar-refractivity contribution in [2.45, 2.75) is 31.6 Å². The Balaban J connectivity index is 1.61. The smallest absolute Gasteiger partial charge is 0.119 e. The molecule has 0 amide bonds. The topological polar surface area (TPSA) is 61.7 Å². The van der Waals surface area contributed by atoms with E-state index in [1.807, 2.05) is 54.6 Å². The van der Waals surface area contributed by atoms with Crippen molar-refractivity contribution in [2.24, 2.45) is 5.41 Å². The van der Waals surface area contributed by atoms with Crippen LogP contribution in [-0.4, -0.2) is 35.6 Å². The van der Waals surface area contributed by atoms with Gasteiger partial charge < -0.3 is 20.3 Å². The third kappa shape index (κ3) is 4.95. The van der Waals surface area contributed by atoms with E-state index >= 15 is 0 Å². The molecule has 25 heavy (non-hydrogen) atoms. The minimum atomic E-state index is -0.702. The lowest BCUT2D eigenvalue weighted by atomic mass is 9.86. The Morgan fingerprint density at radius 2 is 1.76 bits per heavy atom. The van der Waals surface area contributed by atoms with Crippen molar-refractivity contribution in [1.29, 1.82) is 0 Å². The third-order valence-corrected chi connectivity index (χ3v) is 4.97. The van der Waals surface area contributed by atoms with Gasteiger partial charge in [-0.05, 0) is 42.7 Å². The molecule has 0 bridgehead atoms. The fraction of sp³-hybridized carbons (Fsp3) is 0.400. The Morgan fingerprint density at radius 3 is 2.44 bits per heavy atom. The van der Waals surface area contributed by atoms with Crippen LogP contribution in [0.15, 0.2) is 54.6 Å². The summed E-state index contributed by atoms with van der Waals surface area (Å²) in [5.41, 5.74) is 0.804. The Bertz CT molecular complexity index is 670. The summed E-state index contributed by atoms with van der Waals surface area (Å²) >= 11 is 6.02. The highest BCUT2D eigenvalue weighted by molar-refractivity contribution is 6.30. The molecule has 0 aromatic heterocycles. The van der Waals surface area contributed by atoms with Crippen molar-refractivity contribution < 1.29 is 14.9 Å². The predicted molar refractivity (Wildman–Crippen MR) is 98.8 cm³/mol. The Labute approximate surface area is 153 Å². The number of aliphatic hydroxyl groups excluding tert-OH is 2. The molecule has 0 aliphatic heterocycles. The number of rotatable bonds is 7. The lowest BCUT2D eigenvalue weighted by Crippen LogP contribution is -2.37. The molecule has 2 atom stereocenters. The number of ether oxygens (including phenoxy) is 1. The molecule has 2 aromatic carbocycles. The predicted octanol–water partition coefficient (Wildman–Crippen LogP) is 3.01. The standard InChI is InChI=1S/C20H24ClNO3/c21-16-6-4-5-15(9-16)12-22-13-20(10-18(23)19(24)11-20)14-25-17-7-2-1-3-8-17/h1-9,18-19,22-24H,10-14H2. The van der Waals surface area contributed by atoms with E-state index in [1.54, 1.807) is 0 Å². The normalized spacial score (nSPS) is 25.9. The van der Waals surface area contributed by atoms with Gasteiger partial charge in [0.2, 0.25) is 0 Å². The lowest BCUT2D eigenvalue weighted by molar-refractivity contribution is 0.0438. The molecule has 0 saturated heterocycles. The molecular weight excluding hydrogens is 338 g/mol. The number of hydrogen-bond acceptors (Lipinski definition) is 4. The van der Waals surface area contributed by atoms with E-state index in [1.165, 1.54) is 0 Å². The highest BCUT2D eigenvalue weighted by Gasteiger charge is 2.44. The van der Waals surface area contributed by atoms with Crippen molar-refractivity contribution in [3.63, 3.8) is 0 Å². The first-order valence-corrected chi connectivity index (χ1v) is 8.93. The molecule has 3 rings (SSSR count). The first kappa shape index (κ1) is 18.2. The third-order valence-electron chi connectivity index (χ3n) is 4.73. The van der Waals surface area contributed by atoms with Gasteiger partial charge in [0, 0.05) is 23.5 Å². The molecule has 0 heterocycles. The van der Waals surface area contributed by atoms with Gasteiger partial charge in [-0.1, -0.05) is 41.9 Å². The Kier molecular flexibility index (Phi) is 5.97. The van der Waals surface area contributed by atoms with Gasteiger partial charge in [0.25, 0.3) is 0 Å². The van der Waals surface area contributed by atoms with E-state index in [4.69, 9.17) is 16.3 Å². The number of aliphatic hydroxyl groups is 2. The van der Waals surface area contributed by atoms with Crippen LogP contribution in [0.3, 0.4) is 0 Å². The highest BCUT2D eigenvalue weighted by atomic mass is 35.5. The Morgan fingerprint density at radius 1 is 1.04 bits per heavy atom. The van der Waals surface area contributed by atoms with Gasteiger partial charge in [-0.15, -0.1) is 0 Å². The number of halogens is 1. The zero-order chi connectivity index (χ0) is 17.7.